The molecule has 3 aromatic carbocycles. The number of nitrogens with one attached hydrogen (secondary N) is 1. The predicted octanol–water partition coefficient (Wildman–Crippen LogP) is 5.04. The monoisotopic (exact) mass is 551 g/mol. The summed E-state index contributed by atoms with van der Waals surface area (Å²) in [5.74, 6) is 0.867. The van der Waals surface area contributed by atoms with Crippen molar-refractivity contribution in [2.24, 2.45) is 5.10 Å². The Morgan fingerprint density at radius 1 is 1.11 bits per heavy atom. The molecule has 0 saturated carbocycles. The maximum Gasteiger partial charge on any atom is 0.250 e. The number of aromatic nitrogens is 3. The molecule has 0 aliphatic rings. The maximum atomic E-state index is 12.5. The van der Waals surface area contributed by atoms with Crippen molar-refractivity contribution in [1.82, 2.24) is 20.2 Å². The van der Waals surface area contributed by atoms with Crippen LogP contribution >= 0.6 is 27.7 Å². The van der Waals surface area contributed by atoms with Gasteiger partial charge in [-0.2, -0.15) is 5.10 Å². The predicted molar refractivity (Wildman–Crippen MR) is 140 cm³/mol. The molecule has 0 unspecified atom stereocenters. The van der Waals surface area contributed by atoms with E-state index in [1.807, 2.05) is 59.2 Å². The normalized spacial score (nSPS) is 11.3. The van der Waals surface area contributed by atoms with Gasteiger partial charge in [-0.05, 0) is 49.4 Å². The van der Waals surface area contributed by atoms with Gasteiger partial charge in [-0.1, -0.05) is 58.0 Å². The van der Waals surface area contributed by atoms with Gasteiger partial charge in [0.05, 0.1) is 18.6 Å². The molecule has 1 amide bonds. The minimum Gasteiger partial charge on any atom is -0.504 e. The molecule has 0 atom stereocenters. The van der Waals surface area contributed by atoms with Crippen LogP contribution in [0.2, 0.25) is 0 Å². The van der Waals surface area contributed by atoms with Crippen molar-refractivity contribution in [1.29, 1.82) is 0 Å². The second-order valence-electron chi connectivity index (χ2n) is 7.39. The molecule has 4 aromatic rings. The first-order valence-electron chi connectivity index (χ1n) is 10.6. The molecule has 10 heteroatoms. The van der Waals surface area contributed by atoms with Crippen LogP contribution in [0.15, 0.2) is 87.5 Å². The van der Waals surface area contributed by atoms with Gasteiger partial charge in [-0.15, -0.1) is 10.2 Å². The minimum atomic E-state index is -0.285. The van der Waals surface area contributed by atoms with E-state index in [0.29, 0.717) is 22.4 Å². The zero-order chi connectivity index (χ0) is 24.8. The Morgan fingerprint density at radius 2 is 1.86 bits per heavy atom. The molecule has 1 heterocycles. The van der Waals surface area contributed by atoms with E-state index in [1.165, 1.54) is 24.9 Å². The Bertz CT molecular complexity index is 1360. The van der Waals surface area contributed by atoms with E-state index in [0.717, 1.165) is 21.3 Å². The van der Waals surface area contributed by atoms with Gasteiger partial charge in [-0.25, -0.2) is 5.43 Å². The highest BCUT2D eigenvalue weighted by Gasteiger charge is 2.17. The Balaban J connectivity index is 1.50. The Hall–Kier alpha value is -3.63. The number of aromatic hydroxyl groups is 1. The fourth-order valence-corrected chi connectivity index (χ4v) is 4.24. The summed E-state index contributed by atoms with van der Waals surface area (Å²) in [5.41, 5.74) is 5.67. The third kappa shape index (κ3) is 5.90. The lowest BCUT2D eigenvalue weighted by molar-refractivity contribution is -0.118. The highest BCUT2D eigenvalue weighted by atomic mass is 79.9. The number of phenolic OH excluding ortho intramolecular Hbond substituents is 1. The smallest absolute Gasteiger partial charge is 0.250 e. The molecular formula is C25H22BrN5O3S. The lowest BCUT2D eigenvalue weighted by atomic mass is 10.1. The molecule has 0 spiro atoms. The van der Waals surface area contributed by atoms with Crippen LogP contribution < -0.4 is 10.2 Å². The van der Waals surface area contributed by atoms with Crippen LogP contribution in [0, 0.1) is 0 Å². The van der Waals surface area contributed by atoms with E-state index in [2.05, 4.69) is 36.7 Å². The molecule has 178 valence electrons. The van der Waals surface area contributed by atoms with Gasteiger partial charge >= 0.3 is 0 Å². The van der Waals surface area contributed by atoms with Crippen molar-refractivity contribution in [3.8, 4) is 28.6 Å². The van der Waals surface area contributed by atoms with Crippen LogP contribution in [-0.2, 0) is 4.79 Å². The largest absolute Gasteiger partial charge is 0.504 e. The molecule has 4 rings (SSSR count). The number of nitrogens with zero attached hydrogens (tertiary/aromatic N) is 4. The molecule has 0 aliphatic heterocycles. The number of carbonyl (C=O) groups is 1. The van der Waals surface area contributed by atoms with Gasteiger partial charge in [0.25, 0.3) is 5.91 Å². The van der Waals surface area contributed by atoms with E-state index < -0.39 is 0 Å². The first kappa shape index (κ1) is 24.5. The molecule has 0 bridgehead atoms. The molecule has 0 fully saturated rings. The van der Waals surface area contributed by atoms with Crippen molar-refractivity contribution in [2.75, 3.05) is 12.9 Å². The molecule has 2 N–H and O–H groups in total. The second-order valence-corrected chi connectivity index (χ2v) is 9.25. The first-order valence-corrected chi connectivity index (χ1v) is 12.3. The third-order valence-corrected chi connectivity index (χ3v) is 6.49. The summed E-state index contributed by atoms with van der Waals surface area (Å²) in [6.45, 7) is 1.76. The zero-order valence-corrected chi connectivity index (χ0v) is 21.4. The van der Waals surface area contributed by atoms with Gasteiger partial charge in [0, 0.05) is 21.3 Å². The summed E-state index contributed by atoms with van der Waals surface area (Å²) in [4.78, 5) is 12.5. The van der Waals surface area contributed by atoms with E-state index >= 15 is 0 Å². The third-order valence-electron chi connectivity index (χ3n) is 5.03. The van der Waals surface area contributed by atoms with Crippen molar-refractivity contribution in [3.05, 3.63) is 82.8 Å². The summed E-state index contributed by atoms with van der Waals surface area (Å²) < 4.78 is 8.01. The fourth-order valence-electron chi connectivity index (χ4n) is 3.24. The molecule has 1 aromatic heterocycles. The second kappa shape index (κ2) is 11.2. The van der Waals surface area contributed by atoms with Crippen molar-refractivity contribution >= 4 is 39.3 Å². The van der Waals surface area contributed by atoms with Gasteiger partial charge < -0.3 is 9.84 Å². The van der Waals surface area contributed by atoms with Gasteiger partial charge in [-0.3, -0.25) is 9.36 Å². The Morgan fingerprint density at radius 3 is 2.57 bits per heavy atom. The molecule has 8 nitrogen and oxygen atoms in total. The summed E-state index contributed by atoms with van der Waals surface area (Å²) in [5, 5.41) is 23.2. The summed E-state index contributed by atoms with van der Waals surface area (Å²) in [7, 11) is 1.47. The number of hydrogen-bond acceptors (Lipinski definition) is 7. The number of hydrazone groups is 1. The average Bonchev–Trinajstić information content (AvgIpc) is 3.31. The molecule has 0 radical (unpaired) electrons. The topological polar surface area (TPSA) is 102 Å². The number of rotatable bonds is 8. The van der Waals surface area contributed by atoms with Gasteiger partial charge in [0.15, 0.2) is 22.5 Å². The molecule has 35 heavy (non-hydrogen) atoms. The Kier molecular flexibility index (Phi) is 7.84. The SMILES string of the molecule is COc1cc(C(C)=NNC(=O)CSc2nnc(-c3ccccc3)n2-c2ccc(Br)cc2)ccc1O. The average molecular weight is 552 g/mol. The number of halogens is 1. The number of methoxy groups -OCH3 is 1. The van der Waals surface area contributed by atoms with E-state index in [-0.39, 0.29) is 17.4 Å². The highest BCUT2D eigenvalue weighted by molar-refractivity contribution is 9.10. The molecular weight excluding hydrogens is 530 g/mol. The summed E-state index contributed by atoms with van der Waals surface area (Å²) in [6, 6.07) is 22.5. The van der Waals surface area contributed by atoms with Crippen LogP contribution in [0.5, 0.6) is 11.5 Å². The number of ether oxygens (including phenoxy) is 1. The van der Waals surface area contributed by atoms with E-state index in [9.17, 15) is 9.90 Å². The number of carbonyl (C=O) groups excluding carboxylic acids is 1. The summed E-state index contributed by atoms with van der Waals surface area (Å²) >= 11 is 4.74. The maximum absolute atomic E-state index is 12.5. The van der Waals surface area contributed by atoms with Crippen LogP contribution in [0.25, 0.3) is 17.1 Å². The van der Waals surface area contributed by atoms with Crippen LogP contribution in [0.1, 0.15) is 12.5 Å². The minimum absolute atomic E-state index is 0.0363. The lowest BCUT2D eigenvalue weighted by Crippen LogP contribution is -2.21. The standard InChI is InChI=1S/C25H22BrN5O3S/c1-16(18-8-13-21(32)22(14-18)34-2)27-28-23(33)15-35-25-30-29-24(17-6-4-3-5-7-17)31(25)20-11-9-19(26)10-12-20/h3-14,32H,15H2,1-2H3,(H,28,33). The number of amides is 1. The van der Waals surface area contributed by atoms with Crippen LogP contribution in [0.3, 0.4) is 0 Å². The molecule has 0 aliphatic carbocycles. The number of hydrogen-bond donors (Lipinski definition) is 2. The number of thioether (sulfide) groups is 1. The highest BCUT2D eigenvalue weighted by Crippen LogP contribution is 2.29. The van der Waals surface area contributed by atoms with Crippen LogP contribution in [0.4, 0.5) is 0 Å². The zero-order valence-electron chi connectivity index (χ0n) is 19.0. The van der Waals surface area contributed by atoms with E-state index in [1.54, 1.807) is 19.1 Å². The first-order chi connectivity index (χ1) is 17.0. The quantitative estimate of drug-likeness (QED) is 0.180. The van der Waals surface area contributed by atoms with Gasteiger partial charge in [0.2, 0.25) is 0 Å². The number of phenols is 1. The number of benzene rings is 3. The summed E-state index contributed by atoms with van der Waals surface area (Å²) in [6.07, 6.45) is 0. The Labute approximate surface area is 215 Å². The van der Waals surface area contributed by atoms with Gasteiger partial charge in [0.1, 0.15) is 0 Å². The van der Waals surface area contributed by atoms with E-state index in [4.69, 9.17) is 4.74 Å². The van der Waals surface area contributed by atoms with Crippen LogP contribution in [-0.4, -0.2) is 44.4 Å². The van der Waals surface area contributed by atoms with Crippen molar-refractivity contribution in [2.45, 2.75) is 12.1 Å². The lowest BCUT2D eigenvalue weighted by Gasteiger charge is -2.10. The molecule has 0 saturated heterocycles. The fraction of sp³-hybridized carbons (Fsp3) is 0.120. The van der Waals surface area contributed by atoms with Crippen molar-refractivity contribution in [3.63, 3.8) is 0 Å². The van der Waals surface area contributed by atoms with Crippen molar-refractivity contribution < 1.29 is 14.6 Å².